The fraction of sp³-hybridized carbons (Fsp3) is 0.136. The average Bonchev–Trinajstić information content (AvgIpc) is 2.74. The SMILES string of the molecule is CCc1ccc(NC(=O)c2ccc(N(C)S(=O)(=O)c3ccccc3)cc2)cc1. The Kier molecular flexibility index (Phi) is 5.80. The summed E-state index contributed by atoms with van der Waals surface area (Å²) < 4.78 is 26.6. The number of anilines is 2. The maximum absolute atomic E-state index is 12.7. The molecule has 0 fully saturated rings. The molecule has 6 heteroatoms. The minimum absolute atomic E-state index is 0.217. The second-order valence-electron chi connectivity index (χ2n) is 6.34. The molecule has 5 nitrogen and oxygen atoms in total. The molecule has 144 valence electrons. The first-order valence-corrected chi connectivity index (χ1v) is 10.4. The molecule has 28 heavy (non-hydrogen) atoms. The molecule has 0 heterocycles. The first-order valence-electron chi connectivity index (χ1n) is 8.96. The van der Waals surface area contributed by atoms with Crippen molar-refractivity contribution < 1.29 is 13.2 Å². The molecule has 0 aromatic heterocycles. The third-order valence-corrected chi connectivity index (χ3v) is 6.31. The quantitative estimate of drug-likeness (QED) is 0.677. The molecule has 0 saturated heterocycles. The van der Waals surface area contributed by atoms with Crippen LogP contribution in [0.1, 0.15) is 22.8 Å². The molecule has 1 N–H and O–H groups in total. The van der Waals surface area contributed by atoms with Gasteiger partial charge in [-0.05, 0) is 60.5 Å². The number of hydrogen-bond acceptors (Lipinski definition) is 3. The van der Waals surface area contributed by atoms with Crippen LogP contribution >= 0.6 is 0 Å². The number of hydrogen-bond donors (Lipinski definition) is 1. The van der Waals surface area contributed by atoms with Gasteiger partial charge in [-0.2, -0.15) is 0 Å². The first kappa shape index (κ1) is 19.6. The molecule has 3 rings (SSSR count). The van der Waals surface area contributed by atoms with Gasteiger partial charge in [-0.1, -0.05) is 37.3 Å². The number of aryl methyl sites for hydroxylation is 1. The van der Waals surface area contributed by atoms with Crippen LogP contribution in [0.3, 0.4) is 0 Å². The molecule has 3 aromatic carbocycles. The van der Waals surface area contributed by atoms with E-state index in [0.717, 1.165) is 12.1 Å². The van der Waals surface area contributed by atoms with E-state index in [1.165, 1.54) is 16.9 Å². The molecule has 0 radical (unpaired) electrons. The van der Waals surface area contributed by atoms with Crippen LogP contribution in [0.15, 0.2) is 83.8 Å². The van der Waals surface area contributed by atoms with E-state index >= 15 is 0 Å². The number of sulfonamides is 1. The van der Waals surface area contributed by atoms with Crippen LogP contribution in [0.2, 0.25) is 0 Å². The number of benzene rings is 3. The standard InChI is InChI=1S/C22H22N2O3S/c1-3-17-9-13-19(14-10-17)23-22(25)18-11-15-20(16-12-18)24(2)28(26,27)21-7-5-4-6-8-21/h4-16H,3H2,1-2H3,(H,23,25). The summed E-state index contributed by atoms with van der Waals surface area (Å²) in [6, 6.07) is 22.4. The predicted molar refractivity (Wildman–Crippen MR) is 112 cm³/mol. The Morgan fingerprint density at radius 2 is 1.50 bits per heavy atom. The number of carbonyl (C=O) groups is 1. The lowest BCUT2D eigenvalue weighted by atomic mass is 10.1. The third-order valence-electron chi connectivity index (χ3n) is 4.51. The highest BCUT2D eigenvalue weighted by molar-refractivity contribution is 7.92. The van der Waals surface area contributed by atoms with E-state index in [4.69, 9.17) is 0 Å². The first-order chi connectivity index (χ1) is 13.4. The smallest absolute Gasteiger partial charge is 0.264 e. The van der Waals surface area contributed by atoms with E-state index in [1.807, 2.05) is 24.3 Å². The Balaban J connectivity index is 1.74. The molecular weight excluding hydrogens is 372 g/mol. The molecule has 0 unspecified atom stereocenters. The maximum atomic E-state index is 12.7. The van der Waals surface area contributed by atoms with Crippen LogP contribution < -0.4 is 9.62 Å². The summed E-state index contributed by atoms with van der Waals surface area (Å²) in [6.45, 7) is 2.07. The van der Waals surface area contributed by atoms with Gasteiger partial charge in [-0.25, -0.2) is 8.42 Å². The van der Waals surface area contributed by atoms with Gasteiger partial charge in [-0.3, -0.25) is 9.10 Å². The van der Waals surface area contributed by atoms with Crippen LogP contribution in [-0.2, 0) is 16.4 Å². The number of rotatable bonds is 6. The number of nitrogens with zero attached hydrogens (tertiary/aromatic N) is 1. The lowest BCUT2D eigenvalue weighted by molar-refractivity contribution is 0.102. The second-order valence-corrected chi connectivity index (χ2v) is 8.31. The molecular formula is C22H22N2O3S. The highest BCUT2D eigenvalue weighted by Crippen LogP contribution is 2.22. The highest BCUT2D eigenvalue weighted by atomic mass is 32.2. The van der Waals surface area contributed by atoms with Crippen molar-refractivity contribution >= 4 is 27.3 Å². The van der Waals surface area contributed by atoms with Crippen LogP contribution in [-0.4, -0.2) is 21.4 Å². The van der Waals surface area contributed by atoms with Crippen molar-refractivity contribution in [3.63, 3.8) is 0 Å². The van der Waals surface area contributed by atoms with Crippen molar-refractivity contribution in [2.24, 2.45) is 0 Å². The Morgan fingerprint density at radius 3 is 2.07 bits per heavy atom. The molecule has 0 atom stereocenters. The lowest BCUT2D eigenvalue weighted by Gasteiger charge is -2.19. The monoisotopic (exact) mass is 394 g/mol. The fourth-order valence-electron chi connectivity index (χ4n) is 2.74. The second kappa shape index (κ2) is 8.27. The molecule has 0 aliphatic carbocycles. The van der Waals surface area contributed by atoms with E-state index in [9.17, 15) is 13.2 Å². The molecule has 3 aromatic rings. The van der Waals surface area contributed by atoms with Gasteiger partial charge in [0.1, 0.15) is 0 Å². The minimum atomic E-state index is -3.65. The molecule has 1 amide bonds. The zero-order chi connectivity index (χ0) is 20.1. The summed E-state index contributed by atoms with van der Waals surface area (Å²) >= 11 is 0. The fourth-order valence-corrected chi connectivity index (χ4v) is 3.96. The van der Waals surface area contributed by atoms with Crippen molar-refractivity contribution in [2.75, 3.05) is 16.7 Å². The van der Waals surface area contributed by atoms with E-state index in [1.54, 1.807) is 54.6 Å². The Labute approximate surface area is 165 Å². The predicted octanol–water partition coefficient (Wildman–Crippen LogP) is 4.33. The number of amides is 1. The molecule has 0 saturated carbocycles. The van der Waals surface area contributed by atoms with Gasteiger partial charge in [0.25, 0.3) is 15.9 Å². The normalized spacial score (nSPS) is 11.1. The summed E-state index contributed by atoms with van der Waals surface area (Å²) in [4.78, 5) is 12.6. The average molecular weight is 394 g/mol. The summed E-state index contributed by atoms with van der Waals surface area (Å²) in [5, 5.41) is 2.84. The van der Waals surface area contributed by atoms with Crippen molar-refractivity contribution in [3.05, 3.63) is 90.0 Å². The zero-order valence-corrected chi connectivity index (χ0v) is 16.6. The zero-order valence-electron chi connectivity index (χ0n) is 15.8. The summed E-state index contributed by atoms with van der Waals surface area (Å²) in [5.41, 5.74) is 2.85. The van der Waals surface area contributed by atoms with E-state index in [2.05, 4.69) is 12.2 Å². The molecule has 0 aliphatic rings. The van der Waals surface area contributed by atoms with E-state index < -0.39 is 10.0 Å². The number of carbonyl (C=O) groups excluding carboxylic acids is 1. The van der Waals surface area contributed by atoms with Crippen molar-refractivity contribution in [1.29, 1.82) is 0 Å². The molecule has 0 bridgehead atoms. The van der Waals surface area contributed by atoms with Gasteiger partial charge < -0.3 is 5.32 Å². The van der Waals surface area contributed by atoms with Gasteiger partial charge in [0.05, 0.1) is 10.6 Å². The Hall–Kier alpha value is -3.12. The van der Waals surface area contributed by atoms with Crippen molar-refractivity contribution in [1.82, 2.24) is 0 Å². The van der Waals surface area contributed by atoms with Gasteiger partial charge in [0.15, 0.2) is 0 Å². The maximum Gasteiger partial charge on any atom is 0.264 e. The largest absolute Gasteiger partial charge is 0.322 e. The van der Waals surface area contributed by atoms with Gasteiger partial charge in [-0.15, -0.1) is 0 Å². The lowest BCUT2D eigenvalue weighted by Crippen LogP contribution is -2.26. The van der Waals surface area contributed by atoms with Crippen LogP contribution in [0, 0.1) is 0 Å². The summed E-state index contributed by atoms with van der Waals surface area (Å²) in [6.07, 6.45) is 0.940. The summed E-state index contributed by atoms with van der Waals surface area (Å²) in [7, 11) is -2.15. The third kappa shape index (κ3) is 4.23. The highest BCUT2D eigenvalue weighted by Gasteiger charge is 2.21. The Morgan fingerprint density at radius 1 is 0.893 bits per heavy atom. The molecule has 0 spiro atoms. The van der Waals surface area contributed by atoms with Gasteiger partial charge in [0.2, 0.25) is 0 Å². The van der Waals surface area contributed by atoms with Crippen molar-refractivity contribution in [3.8, 4) is 0 Å². The van der Waals surface area contributed by atoms with Crippen LogP contribution in [0.5, 0.6) is 0 Å². The van der Waals surface area contributed by atoms with E-state index in [-0.39, 0.29) is 10.8 Å². The van der Waals surface area contributed by atoms with Crippen LogP contribution in [0.4, 0.5) is 11.4 Å². The van der Waals surface area contributed by atoms with Crippen molar-refractivity contribution in [2.45, 2.75) is 18.2 Å². The van der Waals surface area contributed by atoms with Gasteiger partial charge >= 0.3 is 0 Å². The Bertz CT molecular complexity index is 1050. The summed E-state index contributed by atoms with van der Waals surface area (Å²) in [5.74, 6) is -0.246. The topological polar surface area (TPSA) is 66.5 Å². The van der Waals surface area contributed by atoms with Gasteiger partial charge in [0, 0.05) is 18.3 Å². The minimum Gasteiger partial charge on any atom is -0.322 e. The van der Waals surface area contributed by atoms with E-state index in [0.29, 0.717) is 11.3 Å². The van der Waals surface area contributed by atoms with Crippen LogP contribution in [0.25, 0.3) is 0 Å². The molecule has 0 aliphatic heterocycles. The number of nitrogens with one attached hydrogen (secondary N) is 1.